The fourth-order valence-corrected chi connectivity index (χ4v) is 8.09. The van der Waals surface area contributed by atoms with Gasteiger partial charge in [-0.1, -0.05) is 37.1 Å². The van der Waals surface area contributed by atoms with E-state index >= 15 is 0 Å². The van der Waals surface area contributed by atoms with Gasteiger partial charge in [-0.15, -0.1) is 6.58 Å². The first-order valence-electron chi connectivity index (χ1n) is 17.3. The van der Waals surface area contributed by atoms with E-state index in [0.717, 1.165) is 31.3 Å². The van der Waals surface area contributed by atoms with Crippen LogP contribution in [0.3, 0.4) is 0 Å². The minimum Gasteiger partial charge on any atom is -0.392 e. The van der Waals surface area contributed by atoms with Gasteiger partial charge in [-0.05, 0) is 76.2 Å². The van der Waals surface area contributed by atoms with E-state index in [-0.39, 0.29) is 42.1 Å². The second-order valence-electron chi connectivity index (χ2n) is 15.4. The van der Waals surface area contributed by atoms with Crippen LogP contribution in [0.25, 0.3) is 0 Å². The molecule has 6 N–H and O–H groups in total. The third-order valence-corrected chi connectivity index (χ3v) is 11.5. The standard InChI is InChI=1S/C36H57NO10/c1-8-35(4,5)45-17-25-29(40)30(41)31(42)34(46-25)47-32-27-23(18(2)15-37-33(43)20-9-10-20)13-26(38)36(27,6)14-24-21(16-44-7)11-12-22(24)19(3)28(32)39/h8,14,18-22,25-26,28-32,34,38-42H,1,9-13,15-17H2,2-7H3,(H,37,43)/b24-14-/t18-,19-,21-,22+,25-,26+,28-,29-,30+,31-,32-,34-,36+/m1/s1. The molecule has 0 aromatic heterocycles. The van der Waals surface area contributed by atoms with Gasteiger partial charge in [0.1, 0.15) is 30.5 Å². The predicted molar refractivity (Wildman–Crippen MR) is 174 cm³/mol. The normalized spacial score (nSPS) is 42.5. The first kappa shape index (κ1) is 36.6. The lowest BCUT2D eigenvalue weighted by Crippen LogP contribution is -2.61. The number of carbonyl (C=O) groups is 1. The lowest BCUT2D eigenvalue weighted by Gasteiger charge is -2.46. The van der Waals surface area contributed by atoms with Gasteiger partial charge in [0.25, 0.3) is 0 Å². The summed E-state index contributed by atoms with van der Waals surface area (Å²) >= 11 is 0. The Bertz CT molecular complexity index is 1210. The van der Waals surface area contributed by atoms with E-state index < -0.39 is 60.0 Å². The summed E-state index contributed by atoms with van der Waals surface area (Å²) in [5.74, 6) is -0.188. The molecule has 11 heteroatoms. The Labute approximate surface area is 279 Å². The Morgan fingerprint density at radius 3 is 2.45 bits per heavy atom. The van der Waals surface area contributed by atoms with Crippen molar-refractivity contribution in [1.82, 2.24) is 5.32 Å². The van der Waals surface area contributed by atoms with Crippen LogP contribution in [0.5, 0.6) is 0 Å². The molecule has 266 valence electrons. The zero-order chi connectivity index (χ0) is 34.4. The second-order valence-corrected chi connectivity index (χ2v) is 15.4. The molecule has 3 fully saturated rings. The number of fused-ring (bicyclic) bond motifs is 2. The molecule has 11 nitrogen and oxygen atoms in total. The van der Waals surface area contributed by atoms with E-state index in [4.69, 9.17) is 18.9 Å². The number of aliphatic hydroxyl groups is 5. The van der Waals surface area contributed by atoms with Crippen molar-refractivity contribution < 1.29 is 49.3 Å². The monoisotopic (exact) mass is 663 g/mol. The van der Waals surface area contributed by atoms with Crippen LogP contribution in [0, 0.1) is 35.0 Å². The van der Waals surface area contributed by atoms with E-state index in [2.05, 4.69) is 18.0 Å². The summed E-state index contributed by atoms with van der Waals surface area (Å²) < 4.78 is 24.2. The van der Waals surface area contributed by atoms with E-state index in [1.165, 1.54) is 5.57 Å². The van der Waals surface area contributed by atoms with Gasteiger partial charge >= 0.3 is 0 Å². The highest BCUT2D eigenvalue weighted by Gasteiger charge is 2.55. The van der Waals surface area contributed by atoms with Crippen molar-refractivity contribution in [2.75, 3.05) is 26.9 Å². The molecule has 1 amide bonds. The highest BCUT2D eigenvalue weighted by atomic mass is 16.7. The lowest BCUT2D eigenvalue weighted by atomic mass is 9.68. The average Bonchev–Trinajstić information content (AvgIpc) is 3.78. The van der Waals surface area contributed by atoms with Crippen LogP contribution in [0.4, 0.5) is 0 Å². The van der Waals surface area contributed by atoms with Crippen LogP contribution in [0.2, 0.25) is 0 Å². The zero-order valence-corrected chi connectivity index (χ0v) is 28.8. The molecule has 13 atom stereocenters. The molecule has 0 spiro atoms. The number of hydrogen-bond acceptors (Lipinski definition) is 10. The van der Waals surface area contributed by atoms with Crippen LogP contribution in [-0.4, -0.2) is 113 Å². The molecule has 2 saturated carbocycles. The maximum atomic E-state index is 12.6. The Hall–Kier alpha value is -1.67. The van der Waals surface area contributed by atoms with E-state index in [1.807, 2.05) is 20.8 Å². The van der Waals surface area contributed by atoms with Crippen LogP contribution in [0.1, 0.15) is 66.7 Å². The number of methoxy groups -OCH3 is 1. The fourth-order valence-electron chi connectivity index (χ4n) is 8.09. The van der Waals surface area contributed by atoms with Crippen molar-refractivity contribution >= 4 is 5.91 Å². The summed E-state index contributed by atoms with van der Waals surface area (Å²) in [4.78, 5) is 12.6. The predicted octanol–water partition coefficient (Wildman–Crippen LogP) is 2.00. The van der Waals surface area contributed by atoms with Crippen LogP contribution >= 0.6 is 0 Å². The summed E-state index contributed by atoms with van der Waals surface area (Å²) in [5.41, 5.74) is 1.07. The van der Waals surface area contributed by atoms with Crippen LogP contribution in [-0.2, 0) is 23.7 Å². The molecule has 0 aromatic carbocycles. The summed E-state index contributed by atoms with van der Waals surface area (Å²) in [7, 11) is 1.68. The van der Waals surface area contributed by atoms with Gasteiger partial charge in [-0.25, -0.2) is 0 Å². The maximum Gasteiger partial charge on any atom is 0.223 e. The SMILES string of the molecule is C=CC(C)(C)OC[C@H]1O[C@H](O[C@@H]2C3=C([C@H](C)CNC(=O)C4CC4)C[C@H](O)[C@]3(C)/C=C3/[C@@H](COC)CC[C@H]3[C@@H](C)[C@H]2O)[C@H](O)[C@@H](O)[C@@H]1O. The number of aliphatic hydroxyl groups excluding tert-OH is 5. The van der Waals surface area contributed by atoms with Crippen molar-refractivity contribution in [3.8, 4) is 0 Å². The Kier molecular flexibility index (Phi) is 11.1. The molecule has 5 rings (SSSR count). The van der Waals surface area contributed by atoms with Gasteiger partial charge in [0.15, 0.2) is 6.29 Å². The highest BCUT2D eigenvalue weighted by molar-refractivity contribution is 5.80. The van der Waals surface area contributed by atoms with Crippen molar-refractivity contribution in [3.63, 3.8) is 0 Å². The van der Waals surface area contributed by atoms with Crippen LogP contribution in [0.15, 0.2) is 35.5 Å². The molecule has 0 radical (unpaired) electrons. The third kappa shape index (κ3) is 7.30. The van der Waals surface area contributed by atoms with Gasteiger partial charge in [0, 0.05) is 30.9 Å². The molecule has 1 saturated heterocycles. The highest BCUT2D eigenvalue weighted by Crippen LogP contribution is 2.56. The minimum absolute atomic E-state index is 0.0213. The molecule has 0 unspecified atom stereocenters. The number of hydrogen-bond donors (Lipinski definition) is 6. The summed E-state index contributed by atoms with van der Waals surface area (Å²) in [6.45, 7) is 14.1. The van der Waals surface area contributed by atoms with Crippen molar-refractivity contribution in [2.24, 2.45) is 35.0 Å². The Balaban J connectivity index is 1.54. The zero-order valence-electron chi connectivity index (χ0n) is 28.8. The van der Waals surface area contributed by atoms with Crippen molar-refractivity contribution in [2.45, 2.75) is 121 Å². The summed E-state index contributed by atoms with van der Waals surface area (Å²) in [5, 5.41) is 60.0. The quantitative estimate of drug-likeness (QED) is 0.170. The van der Waals surface area contributed by atoms with Crippen LogP contribution < -0.4 is 5.32 Å². The molecule has 1 aliphatic heterocycles. The molecular weight excluding hydrogens is 606 g/mol. The fraction of sp³-hybridized carbons (Fsp3) is 0.806. The summed E-state index contributed by atoms with van der Waals surface area (Å²) in [6, 6.07) is 0. The lowest BCUT2D eigenvalue weighted by molar-refractivity contribution is -0.319. The average molecular weight is 664 g/mol. The van der Waals surface area contributed by atoms with Gasteiger partial charge < -0.3 is 49.8 Å². The largest absolute Gasteiger partial charge is 0.392 e. The molecule has 5 aliphatic rings. The molecule has 1 heterocycles. The van der Waals surface area contributed by atoms with Gasteiger partial charge in [-0.2, -0.15) is 0 Å². The number of nitrogens with one attached hydrogen (secondary N) is 1. The van der Waals surface area contributed by atoms with E-state index in [1.54, 1.807) is 27.0 Å². The number of amides is 1. The second kappa shape index (κ2) is 14.3. The first-order valence-corrected chi connectivity index (χ1v) is 17.3. The molecule has 47 heavy (non-hydrogen) atoms. The van der Waals surface area contributed by atoms with Gasteiger partial charge in [0.2, 0.25) is 5.91 Å². The number of carbonyl (C=O) groups excluding carboxylic acids is 1. The van der Waals surface area contributed by atoms with Gasteiger partial charge in [0.05, 0.1) is 31.0 Å². The van der Waals surface area contributed by atoms with Crippen molar-refractivity contribution in [3.05, 3.63) is 35.5 Å². The minimum atomic E-state index is -1.62. The maximum absolute atomic E-state index is 12.6. The first-order chi connectivity index (χ1) is 22.1. The smallest absolute Gasteiger partial charge is 0.223 e. The third-order valence-electron chi connectivity index (χ3n) is 11.5. The van der Waals surface area contributed by atoms with Gasteiger partial charge in [-0.3, -0.25) is 4.79 Å². The van der Waals surface area contributed by atoms with E-state index in [0.29, 0.717) is 25.1 Å². The molecule has 4 aliphatic carbocycles. The number of ether oxygens (including phenoxy) is 4. The number of rotatable bonds is 12. The Morgan fingerprint density at radius 2 is 1.81 bits per heavy atom. The summed E-state index contributed by atoms with van der Waals surface area (Å²) in [6.07, 6.45) is -2.43. The molecule has 0 aromatic rings. The van der Waals surface area contributed by atoms with Crippen molar-refractivity contribution in [1.29, 1.82) is 0 Å². The van der Waals surface area contributed by atoms with E-state index in [9.17, 15) is 30.3 Å². The Morgan fingerprint density at radius 1 is 1.11 bits per heavy atom. The molecule has 0 bridgehead atoms. The topological polar surface area (TPSA) is 167 Å². The molecular formula is C36H57NO10.